The molecule has 0 bridgehead atoms. The lowest BCUT2D eigenvalue weighted by atomic mass is 10.2. The molecule has 0 aliphatic rings. The summed E-state index contributed by atoms with van der Waals surface area (Å²) < 4.78 is 37.1. The third kappa shape index (κ3) is 5.75. The molecule has 1 atom stereocenters. The number of carbonyl (C=O) groups is 2. The van der Waals surface area contributed by atoms with Crippen molar-refractivity contribution >= 4 is 17.6 Å². The van der Waals surface area contributed by atoms with Crippen LogP contribution in [0.3, 0.4) is 0 Å². The Morgan fingerprint density at radius 3 is 2.29 bits per heavy atom. The van der Waals surface area contributed by atoms with Crippen LogP contribution in [0.1, 0.15) is 20.3 Å². The summed E-state index contributed by atoms with van der Waals surface area (Å²) in [7, 11) is 1.63. The second-order valence-electron chi connectivity index (χ2n) is 5.52. The zero-order valence-electron chi connectivity index (χ0n) is 13.9. The van der Waals surface area contributed by atoms with Crippen LogP contribution >= 0.6 is 0 Å². The Kier molecular flexibility index (Phi) is 7.06. The van der Waals surface area contributed by atoms with Crippen LogP contribution in [0.2, 0.25) is 0 Å². The lowest BCUT2D eigenvalue weighted by Gasteiger charge is -2.30. The van der Waals surface area contributed by atoms with E-state index in [-0.39, 0.29) is 12.6 Å². The fourth-order valence-corrected chi connectivity index (χ4v) is 2.16. The van der Waals surface area contributed by atoms with Gasteiger partial charge in [-0.25, -0.2) is 4.79 Å². The first-order valence-corrected chi connectivity index (χ1v) is 7.62. The Morgan fingerprint density at radius 2 is 1.79 bits per heavy atom. The highest BCUT2D eigenvalue weighted by atomic mass is 19.4. The number of nitrogens with one attached hydrogen (secondary N) is 1. The first-order valence-electron chi connectivity index (χ1n) is 7.62. The predicted molar refractivity (Wildman–Crippen MR) is 85.8 cm³/mol. The van der Waals surface area contributed by atoms with Gasteiger partial charge in [-0.1, -0.05) is 25.1 Å². The summed E-state index contributed by atoms with van der Waals surface area (Å²) in [4.78, 5) is 26.5. The number of amides is 3. The lowest BCUT2D eigenvalue weighted by Crippen LogP contribution is -2.50. The summed E-state index contributed by atoms with van der Waals surface area (Å²) >= 11 is 0. The molecule has 0 aliphatic carbocycles. The molecule has 0 fully saturated rings. The van der Waals surface area contributed by atoms with E-state index < -0.39 is 18.1 Å². The first-order chi connectivity index (χ1) is 11.2. The molecule has 8 heteroatoms. The van der Waals surface area contributed by atoms with Crippen LogP contribution in [0.15, 0.2) is 30.3 Å². The average Bonchev–Trinajstić information content (AvgIpc) is 2.52. The summed E-state index contributed by atoms with van der Waals surface area (Å²) in [6.45, 7) is 3.79. The molecule has 1 N–H and O–H groups in total. The van der Waals surface area contributed by atoms with E-state index in [0.717, 1.165) is 6.42 Å². The van der Waals surface area contributed by atoms with E-state index in [2.05, 4.69) is 0 Å². The quantitative estimate of drug-likeness (QED) is 0.862. The van der Waals surface area contributed by atoms with Gasteiger partial charge < -0.3 is 10.2 Å². The van der Waals surface area contributed by atoms with E-state index in [9.17, 15) is 22.8 Å². The third-order valence-corrected chi connectivity index (χ3v) is 3.28. The summed E-state index contributed by atoms with van der Waals surface area (Å²) in [6, 6.07) is 7.42. The number of alkyl halides is 3. The molecule has 5 nitrogen and oxygen atoms in total. The van der Waals surface area contributed by atoms with Gasteiger partial charge in [-0.15, -0.1) is 0 Å². The topological polar surface area (TPSA) is 52.7 Å². The second kappa shape index (κ2) is 8.56. The third-order valence-electron chi connectivity index (χ3n) is 3.28. The zero-order chi connectivity index (χ0) is 18.3. The number of anilines is 1. The van der Waals surface area contributed by atoms with Crippen molar-refractivity contribution in [2.24, 2.45) is 0 Å². The van der Waals surface area contributed by atoms with Crippen LogP contribution in [0.5, 0.6) is 0 Å². The van der Waals surface area contributed by atoms with E-state index in [4.69, 9.17) is 0 Å². The maximum absolute atomic E-state index is 12.6. The molecule has 1 unspecified atom stereocenters. The Hall–Kier alpha value is -2.25. The normalized spacial score (nSPS) is 12.4. The van der Waals surface area contributed by atoms with E-state index in [1.54, 1.807) is 37.4 Å². The zero-order valence-corrected chi connectivity index (χ0v) is 13.9. The average molecular weight is 345 g/mol. The number of hydrogen-bond donors (Lipinski definition) is 1. The Bertz CT molecular complexity index is 549. The molecule has 0 aromatic heterocycles. The monoisotopic (exact) mass is 345 g/mol. The Morgan fingerprint density at radius 1 is 1.21 bits per heavy atom. The minimum absolute atomic E-state index is 0.0707. The molecule has 1 aromatic rings. The highest BCUT2D eigenvalue weighted by Gasteiger charge is 2.39. The van der Waals surface area contributed by atoms with Gasteiger partial charge in [0.2, 0.25) is 0 Å². The van der Waals surface area contributed by atoms with Gasteiger partial charge in [0.25, 0.3) is 0 Å². The molecular weight excluding hydrogens is 323 g/mol. The maximum Gasteiger partial charge on any atom is 0.471 e. The van der Waals surface area contributed by atoms with Gasteiger partial charge in [-0.2, -0.15) is 13.2 Å². The van der Waals surface area contributed by atoms with Crippen molar-refractivity contribution in [3.05, 3.63) is 30.3 Å². The number of benzene rings is 1. The smallest absolute Gasteiger partial charge is 0.344 e. The second-order valence-corrected chi connectivity index (χ2v) is 5.52. The molecule has 3 amide bonds. The summed E-state index contributed by atoms with van der Waals surface area (Å²) in [5, 5.41) is 1.87. The number of halogens is 3. The van der Waals surface area contributed by atoms with Crippen LogP contribution in [0.4, 0.5) is 23.7 Å². The molecule has 134 valence electrons. The van der Waals surface area contributed by atoms with E-state index in [0.29, 0.717) is 12.2 Å². The van der Waals surface area contributed by atoms with Gasteiger partial charge in [0, 0.05) is 31.9 Å². The van der Waals surface area contributed by atoms with Crippen LogP contribution in [-0.4, -0.2) is 49.2 Å². The summed E-state index contributed by atoms with van der Waals surface area (Å²) in [5.74, 6) is -2.02. The molecule has 0 spiro atoms. The van der Waals surface area contributed by atoms with E-state index in [1.807, 2.05) is 12.2 Å². The van der Waals surface area contributed by atoms with Crippen LogP contribution in [0.25, 0.3) is 0 Å². The number of urea groups is 1. The van der Waals surface area contributed by atoms with E-state index >= 15 is 0 Å². The van der Waals surface area contributed by atoms with Crippen molar-refractivity contribution in [3.63, 3.8) is 0 Å². The molecule has 1 rings (SSSR count). The lowest BCUT2D eigenvalue weighted by molar-refractivity contribution is -0.174. The molecule has 0 saturated carbocycles. The van der Waals surface area contributed by atoms with Crippen molar-refractivity contribution in [1.82, 2.24) is 10.2 Å². The number of hydrogen-bond acceptors (Lipinski definition) is 2. The summed E-state index contributed by atoms with van der Waals surface area (Å²) in [6.07, 6.45) is -4.19. The maximum atomic E-state index is 12.6. The standard InChI is InChI=1S/C16H22F3N3O2/c1-4-10-21(3)15(24)22(13-8-6-5-7-9-13)11-12(2)20-14(23)16(17,18)19/h5-9,12H,4,10-11H2,1-3H3,(H,20,23). The predicted octanol–water partition coefficient (Wildman–Crippen LogP) is 3.02. The van der Waals surface area contributed by atoms with Gasteiger partial charge >= 0.3 is 18.1 Å². The molecule has 1 aromatic carbocycles. The van der Waals surface area contributed by atoms with Crippen LogP contribution in [-0.2, 0) is 4.79 Å². The fourth-order valence-electron chi connectivity index (χ4n) is 2.16. The number of carbonyl (C=O) groups excluding carboxylic acids is 2. The fraction of sp³-hybridized carbons (Fsp3) is 0.500. The van der Waals surface area contributed by atoms with Gasteiger partial charge in [0.05, 0.1) is 0 Å². The van der Waals surface area contributed by atoms with Crippen LogP contribution in [0, 0.1) is 0 Å². The highest BCUT2D eigenvalue weighted by molar-refractivity contribution is 5.92. The number of para-hydroxylation sites is 1. The SMILES string of the molecule is CCCN(C)C(=O)N(CC(C)NC(=O)C(F)(F)F)c1ccccc1. The largest absolute Gasteiger partial charge is 0.471 e. The van der Waals surface area contributed by atoms with Crippen molar-refractivity contribution in [3.8, 4) is 0 Å². The van der Waals surface area contributed by atoms with Gasteiger partial charge in [0.15, 0.2) is 0 Å². The van der Waals surface area contributed by atoms with Gasteiger partial charge in [-0.3, -0.25) is 9.69 Å². The molecule has 24 heavy (non-hydrogen) atoms. The molecule has 0 saturated heterocycles. The molecular formula is C16H22F3N3O2. The van der Waals surface area contributed by atoms with Crippen molar-refractivity contribution in [2.75, 3.05) is 25.0 Å². The molecule has 0 aliphatic heterocycles. The minimum Gasteiger partial charge on any atom is -0.344 e. The Balaban J connectivity index is 2.90. The van der Waals surface area contributed by atoms with Crippen LogP contribution < -0.4 is 10.2 Å². The molecule has 0 heterocycles. The first kappa shape index (κ1) is 19.8. The number of nitrogens with zero attached hydrogens (tertiary/aromatic N) is 2. The van der Waals surface area contributed by atoms with Gasteiger partial charge in [-0.05, 0) is 25.5 Å². The Labute approximate surface area is 139 Å². The van der Waals surface area contributed by atoms with Crippen molar-refractivity contribution < 1.29 is 22.8 Å². The summed E-state index contributed by atoms with van der Waals surface area (Å²) in [5.41, 5.74) is 0.554. The number of rotatable bonds is 6. The van der Waals surface area contributed by atoms with Crippen molar-refractivity contribution in [1.29, 1.82) is 0 Å². The van der Waals surface area contributed by atoms with Gasteiger partial charge in [0.1, 0.15) is 0 Å². The minimum atomic E-state index is -4.95. The molecule has 0 radical (unpaired) electrons. The van der Waals surface area contributed by atoms with E-state index in [1.165, 1.54) is 16.7 Å². The van der Waals surface area contributed by atoms with Crippen molar-refractivity contribution in [2.45, 2.75) is 32.5 Å². The highest BCUT2D eigenvalue weighted by Crippen LogP contribution is 2.17.